The first-order valence-corrected chi connectivity index (χ1v) is 11.0. The second kappa shape index (κ2) is 9.20. The molecule has 7 nitrogen and oxygen atoms in total. The van der Waals surface area contributed by atoms with Gasteiger partial charge in [-0.3, -0.25) is 4.79 Å². The average Bonchev–Trinajstić information content (AvgIpc) is 3.41. The van der Waals surface area contributed by atoms with Gasteiger partial charge < -0.3 is 20.1 Å². The van der Waals surface area contributed by atoms with E-state index in [9.17, 15) is 9.59 Å². The Labute approximate surface area is 182 Å². The molecular formula is C24H29N5O2. The summed E-state index contributed by atoms with van der Waals surface area (Å²) < 4.78 is 2.20. The van der Waals surface area contributed by atoms with Crippen molar-refractivity contribution in [1.29, 1.82) is 0 Å². The van der Waals surface area contributed by atoms with Gasteiger partial charge in [-0.2, -0.15) is 0 Å². The van der Waals surface area contributed by atoms with Crippen LogP contribution >= 0.6 is 0 Å². The van der Waals surface area contributed by atoms with Crippen molar-refractivity contribution in [1.82, 2.24) is 19.8 Å². The number of para-hydroxylation sites is 2. The molecule has 1 aliphatic rings. The number of hydrogen-bond acceptors (Lipinski definition) is 3. The summed E-state index contributed by atoms with van der Waals surface area (Å²) in [5, 5.41) is 5.84. The Kier molecular flexibility index (Phi) is 6.21. The van der Waals surface area contributed by atoms with Crippen LogP contribution in [0.4, 0.5) is 10.5 Å². The molecule has 2 aromatic carbocycles. The molecular weight excluding hydrogens is 390 g/mol. The van der Waals surface area contributed by atoms with E-state index in [2.05, 4.69) is 28.2 Å². The van der Waals surface area contributed by atoms with Crippen molar-refractivity contribution in [2.45, 2.75) is 45.7 Å². The van der Waals surface area contributed by atoms with Gasteiger partial charge in [0.05, 0.1) is 17.1 Å². The number of benzene rings is 2. The van der Waals surface area contributed by atoms with Crippen LogP contribution in [-0.4, -0.2) is 39.5 Å². The Bertz CT molecular complexity index is 1090. The summed E-state index contributed by atoms with van der Waals surface area (Å²) >= 11 is 0. The number of carbonyl (C=O) groups excluding carboxylic acids is 2. The zero-order valence-corrected chi connectivity index (χ0v) is 18.1. The Morgan fingerprint density at radius 3 is 2.77 bits per heavy atom. The molecule has 1 fully saturated rings. The second-order valence-electron chi connectivity index (χ2n) is 7.82. The molecule has 0 radical (unpaired) electrons. The molecule has 3 amide bonds. The average molecular weight is 420 g/mol. The zero-order valence-electron chi connectivity index (χ0n) is 18.1. The van der Waals surface area contributed by atoms with E-state index in [1.54, 1.807) is 24.3 Å². The van der Waals surface area contributed by atoms with Crippen LogP contribution in [0.2, 0.25) is 0 Å². The van der Waals surface area contributed by atoms with Gasteiger partial charge in [-0.25, -0.2) is 9.78 Å². The summed E-state index contributed by atoms with van der Waals surface area (Å²) in [6.45, 7) is 6.22. The molecule has 31 heavy (non-hydrogen) atoms. The van der Waals surface area contributed by atoms with Gasteiger partial charge in [0.15, 0.2) is 0 Å². The van der Waals surface area contributed by atoms with Crippen molar-refractivity contribution in [3.05, 3.63) is 59.9 Å². The third-order valence-electron chi connectivity index (χ3n) is 5.72. The minimum absolute atomic E-state index is 0.0663. The summed E-state index contributed by atoms with van der Waals surface area (Å²) in [5.74, 6) is 0.803. The van der Waals surface area contributed by atoms with Crippen LogP contribution in [0, 0.1) is 0 Å². The number of aromatic nitrogens is 2. The van der Waals surface area contributed by atoms with Crippen LogP contribution in [0.1, 0.15) is 55.3 Å². The highest BCUT2D eigenvalue weighted by molar-refractivity contribution is 5.97. The number of imidazole rings is 1. The molecule has 1 unspecified atom stereocenters. The van der Waals surface area contributed by atoms with Gasteiger partial charge in [0.2, 0.25) is 0 Å². The molecule has 0 spiro atoms. The topological polar surface area (TPSA) is 79.3 Å². The Hall–Kier alpha value is -3.35. The normalized spacial score (nSPS) is 15.9. The maximum Gasteiger partial charge on any atom is 0.322 e. The van der Waals surface area contributed by atoms with E-state index >= 15 is 0 Å². The third-order valence-corrected chi connectivity index (χ3v) is 5.72. The predicted octanol–water partition coefficient (Wildman–Crippen LogP) is 4.57. The van der Waals surface area contributed by atoms with Gasteiger partial charge in [-0.1, -0.05) is 25.1 Å². The van der Waals surface area contributed by atoms with Crippen molar-refractivity contribution >= 4 is 28.7 Å². The van der Waals surface area contributed by atoms with E-state index < -0.39 is 0 Å². The molecule has 2 N–H and O–H groups in total. The Morgan fingerprint density at radius 2 is 1.97 bits per heavy atom. The van der Waals surface area contributed by atoms with Crippen LogP contribution in [0.15, 0.2) is 48.5 Å². The third kappa shape index (κ3) is 4.26. The largest absolute Gasteiger partial charge is 0.352 e. The smallest absolute Gasteiger partial charge is 0.322 e. The molecule has 3 aromatic rings. The molecule has 1 aliphatic heterocycles. The van der Waals surface area contributed by atoms with E-state index in [-0.39, 0.29) is 18.0 Å². The molecule has 0 aliphatic carbocycles. The molecule has 0 bridgehead atoms. The van der Waals surface area contributed by atoms with Crippen molar-refractivity contribution in [2.24, 2.45) is 0 Å². The monoisotopic (exact) mass is 419 g/mol. The van der Waals surface area contributed by atoms with Crippen LogP contribution in [0.25, 0.3) is 11.0 Å². The zero-order chi connectivity index (χ0) is 21.8. The molecule has 1 atom stereocenters. The van der Waals surface area contributed by atoms with E-state index in [1.807, 2.05) is 30.0 Å². The van der Waals surface area contributed by atoms with Crippen LogP contribution in [0.3, 0.4) is 0 Å². The van der Waals surface area contributed by atoms with E-state index in [1.165, 1.54) is 0 Å². The second-order valence-corrected chi connectivity index (χ2v) is 7.82. The van der Waals surface area contributed by atoms with Crippen molar-refractivity contribution in [3.8, 4) is 0 Å². The van der Waals surface area contributed by atoms with Gasteiger partial charge in [-0.05, 0) is 56.5 Å². The number of nitrogens with zero attached hydrogens (tertiary/aromatic N) is 3. The summed E-state index contributed by atoms with van der Waals surface area (Å²) in [5.41, 5.74) is 3.20. The number of nitrogens with one attached hydrogen (secondary N) is 2. The summed E-state index contributed by atoms with van der Waals surface area (Å²) in [6.07, 6.45) is 2.70. The molecule has 162 valence electrons. The van der Waals surface area contributed by atoms with E-state index in [0.717, 1.165) is 42.7 Å². The number of carbonyl (C=O) groups is 2. The molecule has 7 heteroatoms. The fourth-order valence-electron chi connectivity index (χ4n) is 4.23. The quantitative estimate of drug-likeness (QED) is 0.614. The van der Waals surface area contributed by atoms with Gasteiger partial charge in [0, 0.05) is 30.9 Å². The van der Waals surface area contributed by atoms with Crippen LogP contribution in [0.5, 0.6) is 0 Å². The lowest BCUT2D eigenvalue weighted by molar-refractivity contribution is 0.0953. The number of aryl methyl sites for hydroxylation is 1. The first kappa shape index (κ1) is 20.9. The standard InChI is InChI=1S/C24H29N5O2/c1-3-14-25-23(30)17-9-7-10-18(16-17)26-24(31)29-15-8-13-21(29)22-27-19-11-5-6-12-20(19)28(22)4-2/h5-7,9-12,16,21H,3-4,8,13-15H2,1-2H3,(H,25,30)(H,26,31). The van der Waals surface area contributed by atoms with Crippen molar-refractivity contribution < 1.29 is 9.59 Å². The van der Waals surface area contributed by atoms with E-state index in [4.69, 9.17) is 4.98 Å². The van der Waals surface area contributed by atoms with Gasteiger partial charge >= 0.3 is 6.03 Å². The highest BCUT2D eigenvalue weighted by Crippen LogP contribution is 2.34. The fraction of sp³-hybridized carbons (Fsp3) is 0.375. The number of urea groups is 1. The lowest BCUT2D eigenvalue weighted by atomic mass is 10.2. The number of rotatable bonds is 6. The molecule has 2 heterocycles. The Balaban J connectivity index is 1.54. The lowest BCUT2D eigenvalue weighted by Gasteiger charge is -2.25. The molecule has 0 saturated carbocycles. The number of hydrogen-bond donors (Lipinski definition) is 2. The highest BCUT2D eigenvalue weighted by Gasteiger charge is 2.33. The van der Waals surface area contributed by atoms with Crippen molar-refractivity contribution in [2.75, 3.05) is 18.4 Å². The van der Waals surface area contributed by atoms with Crippen molar-refractivity contribution in [3.63, 3.8) is 0 Å². The molecule has 4 rings (SSSR count). The van der Waals surface area contributed by atoms with Crippen LogP contribution in [-0.2, 0) is 6.54 Å². The molecule has 1 saturated heterocycles. The number of fused-ring (bicyclic) bond motifs is 1. The summed E-state index contributed by atoms with van der Waals surface area (Å²) in [4.78, 5) is 32.1. The maximum atomic E-state index is 13.1. The highest BCUT2D eigenvalue weighted by atomic mass is 16.2. The Morgan fingerprint density at radius 1 is 1.13 bits per heavy atom. The minimum atomic E-state index is -0.164. The number of anilines is 1. The number of likely N-dealkylation sites (tertiary alicyclic amines) is 1. The van der Waals surface area contributed by atoms with Gasteiger partial charge in [-0.15, -0.1) is 0 Å². The summed E-state index contributed by atoms with van der Waals surface area (Å²) in [6, 6.07) is 14.9. The van der Waals surface area contributed by atoms with Gasteiger partial charge in [0.1, 0.15) is 5.82 Å². The lowest BCUT2D eigenvalue weighted by Crippen LogP contribution is -2.35. The number of amides is 3. The van der Waals surface area contributed by atoms with E-state index in [0.29, 0.717) is 24.3 Å². The first-order chi connectivity index (χ1) is 15.1. The predicted molar refractivity (Wildman–Crippen MR) is 122 cm³/mol. The summed E-state index contributed by atoms with van der Waals surface area (Å²) in [7, 11) is 0. The fourth-order valence-corrected chi connectivity index (χ4v) is 4.23. The van der Waals surface area contributed by atoms with Crippen LogP contribution < -0.4 is 10.6 Å². The van der Waals surface area contributed by atoms with Gasteiger partial charge in [0.25, 0.3) is 5.91 Å². The maximum absolute atomic E-state index is 13.1. The SMILES string of the molecule is CCCNC(=O)c1cccc(NC(=O)N2CCCC2c2nc3ccccc3n2CC)c1. The minimum Gasteiger partial charge on any atom is -0.352 e. The first-order valence-electron chi connectivity index (χ1n) is 11.0. The molecule has 1 aromatic heterocycles.